The zero-order valence-corrected chi connectivity index (χ0v) is 9.87. The number of carbonyl (C=O) groups excluding carboxylic acids is 1. The molecule has 0 bridgehead atoms. The first-order valence-electron chi connectivity index (χ1n) is 5.68. The van der Waals surface area contributed by atoms with Gasteiger partial charge in [0.1, 0.15) is 0 Å². The van der Waals surface area contributed by atoms with Crippen LogP contribution in [-0.2, 0) is 9.53 Å². The van der Waals surface area contributed by atoms with Gasteiger partial charge >= 0.3 is 5.97 Å². The summed E-state index contributed by atoms with van der Waals surface area (Å²) in [7, 11) is 0. The molecule has 0 heterocycles. The summed E-state index contributed by atoms with van der Waals surface area (Å²) in [5, 5.41) is 12.5. The number of esters is 1. The second-order valence-electron chi connectivity index (χ2n) is 3.53. The van der Waals surface area contributed by atoms with Gasteiger partial charge < -0.3 is 15.2 Å². The predicted molar refractivity (Wildman–Crippen MR) is 62.8 cm³/mol. The number of ether oxygens (including phenoxy) is 1. The van der Waals surface area contributed by atoms with Crippen molar-refractivity contribution in [2.75, 3.05) is 19.7 Å². The van der Waals surface area contributed by atoms with Gasteiger partial charge in [-0.25, -0.2) is 0 Å². The number of aliphatic hydroxyl groups excluding tert-OH is 1. The van der Waals surface area contributed by atoms with E-state index in [2.05, 4.69) is 11.2 Å². The monoisotopic (exact) mass is 227 g/mol. The molecule has 0 aliphatic heterocycles. The largest absolute Gasteiger partial charge is 0.466 e. The molecule has 0 fully saturated rings. The third kappa shape index (κ3) is 9.50. The molecule has 0 aromatic rings. The molecule has 1 unspecified atom stereocenters. The average Bonchev–Trinajstić information content (AvgIpc) is 2.23. The third-order valence-electron chi connectivity index (χ3n) is 2.01. The zero-order chi connectivity index (χ0) is 12.2. The van der Waals surface area contributed by atoms with Crippen LogP contribution < -0.4 is 5.32 Å². The van der Waals surface area contributed by atoms with Crippen LogP contribution in [0, 0.1) is 12.3 Å². The first-order chi connectivity index (χ1) is 7.70. The van der Waals surface area contributed by atoms with Gasteiger partial charge in [0.05, 0.1) is 19.1 Å². The molecule has 2 N–H and O–H groups in total. The maximum atomic E-state index is 11.0. The molecule has 0 saturated heterocycles. The number of unbranched alkanes of at least 4 members (excludes halogenated alkanes) is 2. The standard InChI is InChI=1S/C12H21NO3/c1-3-5-6-7-8-13-10-11(14)9-12(15)16-4-2/h1,11,13-14H,4-10H2,2H3. The molecule has 0 amide bonds. The third-order valence-corrected chi connectivity index (χ3v) is 2.01. The number of hydrogen-bond donors (Lipinski definition) is 2. The van der Waals surface area contributed by atoms with Crippen molar-refractivity contribution < 1.29 is 14.6 Å². The fraction of sp³-hybridized carbons (Fsp3) is 0.750. The van der Waals surface area contributed by atoms with Crippen LogP contribution in [-0.4, -0.2) is 36.9 Å². The lowest BCUT2D eigenvalue weighted by atomic mass is 10.2. The van der Waals surface area contributed by atoms with Crippen molar-refractivity contribution in [1.82, 2.24) is 5.32 Å². The fourth-order valence-corrected chi connectivity index (χ4v) is 1.23. The Labute approximate surface area is 97.4 Å². The summed E-state index contributed by atoms with van der Waals surface area (Å²) in [5.74, 6) is 2.21. The summed E-state index contributed by atoms with van der Waals surface area (Å²) in [5.41, 5.74) is 0. The molecular weight excluding hydrogens is 206 g/mol. The Morgan fingerprint density at radius 3 is 2.94 bits per heavy atom. The molecule has 0 spiro atoms. The second-order valence-corrected chi connectivity index (χ2v) is 3.53. The molecule has 0 radical (unpaired) electrons. The Kier molecular flexibility index (Phi) is 9.78. The summed E-state index contributed by atoms with van der Waals surface area (Å²) in [4.78, 5) is 11.0. The molecule has 16 heavy (non-hydrogen) atoms. The quantitative estimate of drug-likeness (QED) is 0.346. The molecular formula is C12H21NO3. The highest BCUT2D eigenvalue weighted by molar-refractivity contribution is 5.69. The van der Waals surface area contributed by atoms with Crippen LogP contribution in [0.15, 0.2) is 0 Å². The topological polar surface area (TPSA) is 58.6 Å². The van der Waals surface area contributed by atoms with Crippen LogP contribution in [0.5, 0.6) is 0 Å². The molecule has 4 nitrogen and oxygen atoms in total. The predicted octanol–water partition coefficient (Wildman–Crippen LogP) is 0.694. The van der Waals surface area contributed by atoms with Crippen molar-refractivity contribution in [3.63, 3.8) is 0 Å². The van der Waals surface area contributed by atoms with E-state index in [1.165, 1.54) is 0 Å². The van der Waals surface area contributed by atoms with E-state index in [1.807, 2.05) is 0 Å². The Morgan fingerprint density at radius 2 is 2.31 bits per heavy atom. The van der Waals surface area contributed by atoms with Crippen LogP contribution in [0.4, 0.5) is 0 Å². The summed E-state index contributed by atoms with van der Waals surface area (Å²) >= 11 is 0. The first kappa shape index (κ1) is 14.9. The van der Waals surface area contributed by atoms with Crippen LogP contribution in [0.3, 0.4) is 0 Å². The van der Waals surface area contributed by atoms with Crippen LogP contribution in [0.25, 0.3) is 0 Å². The van der Waals surface area contributed by atoms with Crippen molar-refractivity contribution in [2.24, 2.45) is 0 Å². The average molecular weight is 227 g/mol. The molecule has 0 saturated carbocycles. The lowest BCUT2D eigenvalue weighted by Crippen LogP contribution is -2.29. The van der Waals surface area contributed by atoms with Gasteiger partial charge in [-0.3, -0.25) is 4.79 Å². The van der Waals surface area contributed by atoms with E-state index < -0.39 is 6.10 Å². The molecule has 0 aromatic carbocycles. The Hall–Kier alpha value is -1.05. The summed E-state index contributed by atoms with van der Waals surface area (Å²) < 4.78 is 4.72. The Bertz CT molecular complexity index is 223. The maximum Gasteiger partial charge on any atom is 0.308 e. The van der Waals surface area contributed by atoms with Gasteiger partial charge in [0, 0.05) is 13.0 Å². The van der Waals surface area contributed by atoms with E-state index >= 15 is 0 Å². The number of carbonyl (C=O) groups is 1. The van der Waals surface area contributed by atoms with Crippen LogP contribution in [0.1, 0.15) is 32.6 Å². The summed E-state index contributed by atoms with van der Waals surface area (Å²) in [6.45, 7) is 3.31. The molecule has 0 rings (SSSR count). The van der Waals surface area contributed by atoms with Gasteiger partial charge in [0.15, 0.2) is 0 Å². The van der Waals surface area contributed by atoms with Gasteiger partial charge in [-0.05, 0) is 26.3 Å². The highest BCUT2D eigenvalue weighted by Gasteiger charge is 2.10. The lowest BCUT2D eigenvalue weighted by Gasteiger charge is -2.10. The molecule has 92 valence electrons. The van der Waals surface area contributed by atoms with E-state index in [1.54, 1.807) is 6.92 Å². The van der Waals surface area contributed by atoms with Gasteiger partial charge in [0.2, 0.25) is 0 Å². The number of rotatable bonds is 9. The van der Waals surface area contributed by atoms with Crippen molar-refractivity contribution in [3.05, 3.63) is 0 Å². The van der Waals surface area contributed by atoms with Gasteiger partial charge in [-0.1, -0.05) is 0 Å². The minimum atomic E-state index is -0.674. The van der Waals surface area contributed by atoms with E-state index in [0.29, 0.717) is 13.2 Å². The number of nitrogens with one attached hydrogen (secondary N) is 1. The van der Waals surface area contributed by atoms with Crippen molar-refractivity contribution >= 4 is 5.97 Å². The van der Waals surface area contributed by atoms with Crippen molar-refractivity contribution in [1.29, 1.82) is 0 Å². The van der Waals surface area contributed by atoms with Crippen molar-refractivity contribution in [2.45, 2.75) is 38.7 Å². The maximum absolute atomic E-state index is 11.0. The molecule has 4 heteroatoms. The number of aliphatic hydroxyl groups is 1. The first-order valence-corrected chi connectivity index (χ1v) is 5.68. The normalized spacial score (nSPS) is 11.8. The van der Waals surface area contributed by atoms with Crippen molar-refractivity contribution in [3.8, 4) is 12.3 Å². The second kappa shape index (κ2) is 10.5. The van der Waals surface area contributed by atoms with E-state index in [4.69, 9.17) is 11.2 Å². The zero-order valence-electron chi connectivity index (χ0n) is 9.87. The Balaban J connectivity index is 3.33. The smallest absolute Gasteiger partial charge is 0.308 e. The van der Waals surface area contributed by atoms with Gasteiger partial charge in [0.25, 0.3) is 0 Å². The highest BCUT2D eigenvalue weighted by atomic mass is 16.5. The van der Waals surface area contributed by atoms with E-state index in [-0.39, 0.29) is 12.4 Å². The lowest BCUT2D eigenvalue weighted by molar-refractivity contribution is -0.145. The number of terminal acetylenes is 1. The van der Waals surface area contributed by atoms with Crippen LogP contribution in [0.2, 0.25) is 0 Å². The van der Waals surface area contributed by atoms with E-state index in [9.17, 15) is 9.90 Å². The fourth-order valence-electron chi connectivity index (χ4n) is 1.23. The minimum Gasteiger partial charge on any atom is -0.466 e. The Morgan fingerprint density at radius 1 is 1.56 bits per heavy atom. The molecule has 0 aliphatic carbocycles. The van der Waals surface area contributed by atoms with Crippen LogP contribution >= 0.6 is 0 Å². The molecule has 0 aliphatic rings. The van der Waals surface area contributed by atoms with E-state index in [0.717, 1.165) is 25.8 Å². The minimum absolute atomic E-state index is 0.0468. The summed E-state index contributed by atoms with van der Waals surface area (Å²) in [6, 6.07) is 0. The highest BCUT2D eigenvalue weighted by Crippen LogP contribution is 1.95. The summed E-state index contributed by atoms with van der Waals surface area (Å²) in [6.07, 6.45) is 7.24. The number of hydrogen-bond acceptors (Lipinski definition) is 4. The SMILES string of the molecule is C#CCCCCNCC(O)CC(=O)OCC. The van der Waals surface area contributed by atoms with Gasteiger partial charge in [-0.2, -0.15) is 0 Å². The molecule has 0 aromatic heterocycles. The molecule has 1 atom stereocenters. The van der Waals surface area contributed by atoms with Gasteiger partial charge in [-0.15, -0.1) is 12.3 Å².